The second kappa shape index (κ2) is 13.2. The Bertz CT molecular complexity index is 1420. The van der Waals surface area contributed by atoms with Crippen molar-refractivity contribution in [2.24, 2.45) is 0 Å². The second-order valence-corrected chi connectivity index (χ2v) is 9.83. The molecular formula is C28H35F5N6O3. The summed E-state index contributed by atoms with van der Waals surface area (Å²) in [5.74, 6) is -2.46. The highest BCUT2D eigenvalue weighted by Gasteiger charge is 2.39. The van der Waals surface area contributed by atoms with Gasteiger partial charge in [0, 0.05) is 25.3 Å². The topological polar surface area (TPSA) is 116 Å². The van der Waals surface area contributed by atoms with Gasteiger partial charge < -0.3 is 30.6 Å². The molecule has 1 fully saturated rings. The lowest BCUT2D eigenvalue weighted by atomic mass is 9.96. The smallest absolute Gasteiger partial charge is 0.417 e. The van der Waals surface area contributed by atoms with Crippen LogP contribution in [0.25, 0.3) is 22.2 Å². The van der Waals surface area contributed by atoms with E-state index < -0.39 is 52.0 Å². The van der Waals surface area contributed by atoms with Gasteiger partial charge in [-0.25, -0.2) is 13.8 Å². The highest BCUT2D eigenvalue weighted by Crippen LogP contribution is 2.44. The first-order valence-electron chi connectivity index (χ1n) is 14.0. The van der Waals surface area contributed by atoms with Crippen LogP contribution >= 0.6 is 0 Å². The maximum Gasteiger partial charge on any atom is 0.417 e. The van der Waals surface area contributed by atoms with E-state index in [1.54, 1.807) is 6.92 Å². The van der Waals surface area contributed by atoms with Gasteiger partial charge in [0.15, 0.2) is 5.82 Å². The Hall–Kier alpha value is -3.52. The monoisotopic (exact) mass is 598 g/mol. The fraction of sp³-hybridized carbons (Fsp3) is 0.536. The number of nitrogens with zero attached hydrogens (tertiary/aromatic N) is 3. The molecule has 4 N–H and O–H groups in total. The standard InChI is InChI=1S/C26H29F5N6O3.C2H6/c1-12-5-6-33-7-8-34-23-17-22(36-25(37-23)40-14-4-3-9-38-11-14)20(28)21(35-24(17)39-12)15-10-16(32)19(27)13(2)18(15)26(29,30)31;1-2/h10,12,14,33H,3-9,11,32H2,1-2H3,(H,34,36,37);1-2H3. The third-order valence-electron chi connectivity index (χ3n) is 6.82. The summed E-state index contributed by atoms with van der Waals surface area (Å²) < 4.78 is 90.8. The number of anilines is 2. The van der Waals surface area contributed by atoms with Crippen molar-refractivity contribution >= 4 is 22.4 Å². The maximum atomic E-state index is 16.3. The van der Waals surface area contributed by atoms with Gasteiger partial charge in [-0.2, -0.15) is 23.1 Å². The Morgan fingerprint density at radius 2 is 1.81 bits per heavy atom. The van der Waals surface area contributed by atoms with Gasteiger partial charge in [-0.15, -0.1) is 0 Å². The fourth-order valence-corrected chi connectivity index (χ4v) is 4.84. The minimum Gasteiger partial charge on any atom is -0.474 e. The number of hydrogen-bond donors (Lipinski definition) is 3. The Kier molecular flexibility index (Phi) is 9.87. The van der Waals surface area contributed by atoms with E-state index in [0.717, 1.165) is 19.4 Å². The van der Waals surface area contributed by atoms with Gasteiger partial charge in [-0.3, -0.25) is 0 Å². The predicted octanol–water partition coefficient (Wildman–Crippen LogP) is 5.64. The quantitative estimate of drug-likeness (QED) is 0.260. The molecule has 2 unspecified atom stereocenters. The van der Waals surface area contributed by atoms with Crippen molar-refractivity contribution in [1.82, 2.24) is 20.3 Å². The van der Waals surface area contributed by atoms with Crippen LogP contribution in [0.2, 0.25) is 0 Å². The number of halogens is 5. The van der Waals surface area contributed by atoms with Crippen molar-refractivity contribution < 1.29 is 36.2 Å². The van der Waals surface area contributed by atoms with Crippen LogP contribution in [0.5, 0.6) is 11.9 Å². The Morgan fingerprint density at radius 1 is 1.05 bits per heavy atom. The van der Waals surface area contributed by atoms with Crippen LogP contribution in [0.4, 0.5) is 33.5 Å². The summed E-state index contributed by atoms with van der Waals surface area (Å²) in [5.41, 5.74) is 1.11. The van der Waals surface area contributed by atoms with Crippen molar-refractivity contribution in [2.75, 3.05) is 43.9 Å². The Morgan fingerprint density at radius 3 is 2.50 bits per heavy atom. The number of nitrogens with one attached hydrogen (secondary N) is 2. The van der Waals surface area contributed by atoms with Crippen LogP contribution in [0.1, 0.15) is 51.2 Å². The number of hydrogen-bond acceptors (Lipinski definition) is 9. The summed E-state index contributed by atoms with van der Waals surface area (Å²) in [6.07, 6.45) is -3.94. The van der Waals surface area contributed by atoms with E-state index in [-0.39, 0.29) is 41.3 Å². The molecular weight excluding hydrogens is 563 g/mol. The zero-order valence-corrected chi connectivity index (χ0v) is 23.9. The van der Waals surface area contributed by atoms with Gasteiger partial charge in [0.05, 0.1) is 24.0 Å². The van der Waals surface area contributed by atoms with Crippen molar-refractivity contribution in [1.29, 1.82) is 0 Å². The molecule has 0 spiro atoms. The van der Waals surface area contributed by atoms with Gasteiger partial charge in [-0.05, 0) is 51.3 Å². The molecule has 2 aliphatic rings. The van der Waals surface area contributed by atoms with Crippen LogP contribution in [-0.4, -0.2) is 60.0 Å². The zero-order chi connectivity index (χ0) is 30.6. The molecule has 0 bridgehead atoms. The lowest BCUT2D eigenvalue weighted by Crippen LogP contribution is -2.29. The molecule has 1 saturated heterocycles. The Balaban J connectivity index is 0.00000198. The lowest BCUT2D eigenvalue weighted by molar-refractivity contribution is -0.137. The molecule has 14 heteroatoms. The highest BCUT2D eigenvalue weighted by atomic mass is 19.4. The van der Waals surface area contributed by atoms with Gasteiger partial charge in [0.2, 0.25) is 5.88 Å². The largest absolute Gasteiger partial charge is 0.474 e. The molecule has 0 radical (unpaired) electrons. The molecule has 2 aliphatic heterocycles. The van der Waals surface area contributed by atoms with Crippen LogP contribution in [-0.2, 0) is 10.9 Å². The molecule has 9 nitrogen and oxygen atoms in total. The molecule has 0 aliphatic carbocycles. The fourth-order valence-electron chi connectivity index (χ4n) is 4.84. The summed E-state index contributed by atoms with van der Waals surface area (Å²) in [6, 6.07) is 0.541. The molecule has 42 heavy (non-hydrogen) atoms. The number of ether oxygens (including phenoxy) is 3. The number of pyridine rings is 1. The third-order valence-corrected chi connectivity index (χ3v) is 6.82. The van der Waals surface area contributed by atoms with Crippen molar-refractivity contribution in [3.63, 3.8) is 0 Å². The first-order chi connectivity index (χ1) is 20.0. The number of nitrogens with two attached hydrogens (primary N) is 1. The molecule has 230 valence electrons. The number of rotatable bonds is 3. The molecule has 1 aromatic carbocycles. The zero-order valence-electron chi connectivity index (χ0n) is 23.9. The number of benzene rings is 1. The summed E-state index contributed by atoms with van der Waals surface area (Å²) in [6.45, 7) is 9.09. The predicted molar refractivity (Wildman–Crippen MR) is 149 cm³/mol. The molecule has 4 heterocycles. The summed E-state index contributed by atoms with van der Waals surface area (Å²) in [7, 11) is 0. The van der Waals surface area contributed by atoms with Crippen molar-refractivity contribution in [3.8, 4) is 23.1 Å². The molecule has 0 amide bonds. The van der Waals surface area contributed by atoms with Gasteiger partial charge in [-0.1, -0.05) is 13.8 Å². The van der Waals surface area contributed by atoms with E-state index in [1.807, 2.05) is 13.8 Å². The SMILES string of the molecule is CC.Cc1c(F)c(N)cc(-c2nc3c4c(nc(OC5CCCOC5)nc4c2F)NCCNCCC(C)O3)c1C(F)(F)F. The van der Waals surface area contributed by atoms with Gasteiger partial charge in [0.1, 0.15) is 34.3 Å². The van der Waals surface area contributed by atoms with E-state index in [4.69, 9.17) is 19.9 Å². The normalized spacial score (nSPS) is 19.5. The first-order valence-corrected chi connectivity index (χ1v) is 14.0. The minimum absolute atomic E-state index is 0.0441. The van der Waals surface area contributed by atoms with E-state index in [9.17, 15) is 17.6 Å². The maximum absolute atomic E-state index is 16.3. The summed E-state index contributed by atoms with van der Waals surface area (Å²) in [4.78, 5) is 12.9. The average molecular weight is 599 g/mol. The van der Waals surface area contributed by atoms with Crippen LogP contribution < -0.4 is 25.8 Å². The summed E-state index contributed by atoms with van der Waals surface area (Å²) in [5, 5.41) is 6.39. The second-order valence-electron chi connectivity index (χ2n) is 9.83. The minimum atomic E-state index is -5.04. The molecule has 2 atom stereocenters. The van der Waals surface area contributed by atoms with E-state index in [2.05, 4.69) is 25.6 Å². The van der Waals surface area contributed by atoms with E-state index in [0.29, 0.717) is 39.1 Å². The lowest BCUT2D eigenvalue weighted by Gasteiger charge is -2.23. The van der Waals surface area contributed by atoms with E-state index in [1.165, 1.54) is 0 Å². The number of alkyl halides is 3. The first kappa shape index (κ1) is 31.4. The van der Waals surface area contributed by atoms with Crippen LogP contribution in [0.15, 0.2) is 6.07 Å². The number of nitrogen functional groups attached to an aromatic ring is 1. The van der Waals surface area contributed by atoms with Gasteiger partial charge >= 0.3 is 12.2 Å². The Labute approximate surface area is 240 Å². The van der Waals surface area contributed by atoms with Crippen LogP contribution in [0.3, 0.4) is 0 Å². The molecule has 3 aromatic rings. The molecule has 0 saturated carbocycles. The molecule has 5 rings (SSSR count). The number of aromatic nitrogens is 3. The van der Waals surface area contributed by atoms with Crippen molar-refractivity contribution in [2.45, 2.75) is 65.3 Å². The van der Waals surface area contributed by atoms with Gasteiger partial charge in [0.25, 0.3) is 0 Å². The van der Waals surface area contributed by atoms with Crippen molar-refractivity contribution in [3.05, 3.63) is 28.8 Å². The van der Waals surface area contributed by atoms with E-state index >= 15 is 4.39 Å². The average Bonchev–Trinajstić information content (AvgIpc) is 2.98. The molecule has 2 aromatic heterocycles. The van der Waals surface area contributed by atoms with Crippen LogP contribution in [0, 0.1) is 18.6 Å². The highest BCUT2D eigenvalue weighted by molar-refractivity contribution is 5.96. The third kappa shape index (κ3) is 6.59. The summed E-state index contributed by atoms with van der Waals surface area (Å²) >= 11 is 0.